The van der Waals surface area contributed by atoms with E-state index in [1.165, 1.54) is 64.3 Å². The van der Waals surface area contributed by atoms with Gasteiger partial charge in [-0.2, -0.15) is 0 Å². The Morgan fingerprint density at radius 2 is 1.80 bits per heavy atom. The molecule has 0 aliphatic heterocycles. The minimum Gasteiger partial charge on any atom is -0.329 e. The summed E-state index contributed by atoms with van der Waals surface area (Å²) >= 11 is 0. The molecule has 0 heterocycles. The second-order valence-corrected chi connectivity index (χ2v) is 7.91. The fraction of sp³-hybridized carbons (Fsp3) is 1.00. The van der Waals surface area contributed by atoms with Gasteiger partial charge in [-0.05, 0) is 50.5 Å². The molecule has 2 aliphatic rings. The third kappa shape index (κ3) is 3.76. The third-order valence-electron chi connectivity index (χ3n) is 6.25. The van der Waals surface area contributed by atoms with Crippen molar-refractivity contribution in [3.8, 4) is 0 Å². The Morgan fingerprint density at radius 3 is 2.40 bits per heavy atom. The first-order valence-corrected chi connectivity index (χ1v) is 8.99. The second-order valence-electron chi connectivity index (χ2n) is 7.91. The lowest BCUT2D eigenvalue weighted by molar-refractivity contribution is 0.0302. The molecule has 0 bridgehead atoms. The van der Waals surface area contributed by atoms with Gasteiger partial charge in [-0.25, -0.2) is 0 Å². The molecule has 0 aromatic heterocycles. The van der Waals surface area contributed by atoms with E-state index in [1.807, 2.05) is 0 Å². The minimum atomic E-state index is 0.296. The van der Waals surface area contributed by atoms with Crippen LogP contribution in [-0.4, -0.2) is 30.6 Å². The fourth-order valence-corrected chi connectivity index (χ4v) is 4.59. The maximum atomic E-state index is 6.26. The molecule has 118 valence electrons. The molecule has 0 aromatic rings. The van der Waals surface area contributed by atoms with Gasteiger partial charge in [0.15, 0.2) is 0 Å². The van der Waals surface area contributed by atoms with Crippen LogP contribution < -0.4 is 5.73 Å². The van der Waals surface area contributed by atoms with E-state index in [1.54, 1.807) is 0 Å². The summed E-state index contributed by atoms with van der Waals surface area (Å²) in [5.74, 6) is 2.61. The predicted molar refractivity (Wildman–Crippen MR) is 87.8 cm³/mol. The van der Waals surface area contributed by atoms with Gasteiger partial charge < -0.3 is 5.73 Å². The SMILES string of the molecule is CC(C)C1CCCC(CN)(N(C)CC2CCCCC2)C1. The van der Waals surface area contributed by atoms with Crippen LogP contribution in [0.15, 0.2) is 0 Å². The minimum absolute atomic E-state index is 0.296. The number of nitrogens with zero attached hydrogens (tertiary/aromatic N) is 1. The van der Waals surface area contributed by atoms with Crippen LogP contribution in [0.25, 0.3) is 0 Å². The van der Waals surface area contributed by atoms with E-state index in [0.29, 0.717) is 5.54 Å². The topological polar surface area (TPSA) is 29.3 Å². The molecule has 0 amide bonds. The highest BCUT2D eigenvalue weighted by atomic mass is 15.2. The fourth-order valence-electron chi connectivity index (χ4n) is 4.59. The van der Waals surface area contributed by atoms with Crippen molar-refractivity contribution in [2.24, 2.45) is 23.5 Å². The number of nitrogens with two attached hydrogens (primary N) is 1. The molecule has 0 saturated heterocycles. The molecule has 0 aromatic carbocycles. The summed E-state index contributed by atoms with van der Waals surface area (Å²) in [6.45, 7) is 6.90. The van der Waals surface area contributed by atoms with Crippen molar-refractivity contribution in [2.45, 2.75) is 77.2 Å². The lowest BCUT2D eigenvalue weighted by Gasteiger charge is -2.49. The van der Waals surface area contributed by atoms with Crippen molar-refractivity contribution in [1.82, 2.24) is 4.90 Å². The standard InChI is InChI=1S/C18H36N2/c1-15(2)17-10-7-11-18(12-17,14-19)20(3)13-16-8-5-4-6-9-16/h15-17H,4-14,19H2,1-3H3. The Hall–Kier alpha value is -0.0800. The quantitative estimate of drug-likeness (QED) is 0.823. The molecular weight excluding hydrogens is 244 g/mol. The van der Waals surface area contributed by atoms with Crippen LogP contribution in [0.3, 0.4) is 0 Å². The second kappa shape index (κ2) is 7.26. The molecule has 2 rings (SSSR count). The van der Waals surface area contributed by atoms with Gasteiger partial charge in [0.1, 0.15) is 0 Å². The molecule has 20 heavy (non-hydrogen) atoms. The van der Waals surface area contributed by atoms with Crippen LogP contribution in [0.2, 0.25) is 0 Å². The van der Waals surface area contributed by atoms with E-state index >= 15 is 0 Å². The van der Waals surface area contributed by atoms with Crippen molar-refractivity contribution in [2.75, 3.05) is 20.1 Å². The van der Waals surface area contributed by atoms with Gasteiger partial charge in [-0.1, -0.05) is 46.0 Å². The number of hydrogen-bond acceptors (Lipinski definition) is 2. The maximum absolute atomic E-state index is 6.26. The first-order chi connectivity index (χ1) is 9.57. The van der Waals surface area contributed by atoms with E-state index in [-0.39, 0.29) is 0 Å². The molecule has 2 aliphatic carbocycles. The van der Waals surface area contributed by atoms with Crippen molar-refractivity contribution in [1.29, 1.82) is 0 Å². The first-order valence-electron chi connectivity index (χ1n) is 8.99. The highest BCUT2D eigenvalue weighted by Gasteiger charge is 2.39. The Balaban J connectivity index is 1.97. The van der Waals surface area contributed by atoms with Crippen molar-refractivity contribution < 1.29 is 0 Å². The molecule has 2 nitrogen and oxygen atoms in total. The van der Waals surface area contributed by atoms with Crippen LogP contribution >= 0.6 is 0 Å². The maximum Gasteiger partial charge on any atom is 0.0331 e. The summed E-state index contributed by atoms with van der Waals surface area (Å²) in [7, 11) is 2.35. The summed E-state index contributed by atoms with van der Waals surface area (Å²) in [5.41, 5.74) is 6.56. The van der Waals surface area contributed by atoms with E-state index in [2.05, 4.69) is 25.8 Å². The van der Waals surface area contributed by atoms with Gasteiger partial charge in [0, 0.05) is 18.6 Å². The molecule has 0 spiro atoms. The van der Waals surface area contributed by atoms with Gasteiger partial charge in [-0.3, -0.25) is 4.90 Å². The summed E-state index contributed by atoms with van der Waals surface area (Å²) < 4.78 is 0. The normalized spacial score (nSPS) is 33.0. The van der Waals surface area contributed by atoms with Crippen LogP contribution in [-0.2, 0) is 0 Å². The van der Waals surface area contributed by atoms with Gasteiger partial charge in [0.25, 0.3) is 0 Å². The van der Waals surface area contributed by atoms with Crippen LogP contribution in [0, 0.1) is 17.8 Å². The molecule has 2 atom stereocenters. The summed E-state index contributed by atoms with van der Waals surface area (Å²) in [6.07, 6.45) is 12.7. The smallest absolute Gasteiger partial charge is 0.0331 e. The number of likely N-dealkylation sites (N-methyl/N-ethyl adjacent to an activating group) is 1. The number of hydrogen-bond donors (Lipinski definition) is 1. The lowest BCUT2D eigenvalue weighted by Crippen LogP contribution is -2.56. The van der Waals surface area contributed by atoms with Gasteiger partial charge >= 0.3 is 0 Å². The Bertz CT molecular complexity index is 283. The van der Waals surface area contributed by atoms with E-state index < -0.39 is 0 Å². The summed E-state index contributed by atoms with van der Waals surface area (Å²) in [6, 6.07) is 0. The van der Waals surface area contributed by atoms with Crippen LogP contribution in [0.4, 0.5) is 0 Å². The Kier molecular flexibility index (Phi) is 5.92. The summed E-state index contributed by atoms with van der Waals surface area (Å²) in [4.78, 5) is 2.66. The molecule has 2 N–H and O–H groups in total. The zero-order valence-corrected chi connectivity index (χ0v) is 14.0. The molecule has 2 fully saturated rings. The van der Waals surface area contributed by atoms with Crippen molar-refractivity contribution >= 4 is 0 Å². The zero-order chi connectivity index (χ0) is 14.6. The average Bonchev–Trinajstić information content (AvgIpc) is 2.48. The predicted octanol–water partition coefficient (Wildman–Crippen LogP) is 4.04. The lowest BCUT2D eigenvalue weighted by atomic mass is 9.70. The van der Waals surface area contributed by atoms with E-state index in [0.717, 1.165) is 24.3 Å². The largest absolute Gasteiger partial charge is 0.329 e. The van der Waals surface area contributed by atoms with E-state index in [4.69, 9.17) is 5.73 Å². The van der Waals surface area contributed by atoms with Crippen LogP contribution in [0.1, 0.15) is 71.6 Å². The highest BCUT2D eigenvalue weighted by molar-refractivity contribution is 4.96. The van der Waals surface area contributed by atoms with Crippen LogP contribution in [0.5, 0.6) is 0 Å². The monoisotopic (exact) mass is 280 g/mol. The first kappa shape index (κ1) is 16.3. The Labute approximate surface area is 126 Å². The summed E-state index contributed by atoms with van der Waals surface area (Å²) in [5, 5.41) is 0. The highest BCUT2D eigenvalue weighted by Crippen LogP contribution is 2.40. The molecular formula is C18H36N2. The zero-order valence-electron chi connectivity index (χ0n) is 14.0. The average molecular weight is 280 g/mol. The molecule has 0 radical (unpaired) electrons. The molecule has 2 saturated carbocycles. The van der Waals surface area contributed by atoms with Gasteiger partial charge in [0.2, 0.25) is 0 Å². The van der Waals surface area contributed by atoms with Gasteiger partial charge in [-0.15, -0.1) is 0 Å². The third-order valence-corrected chi connectivity index (χ3v) is 6.25. The number of rotatable bonds is 5. The Morgan fingerprint density at radius 1 is 1.10 bits per heavy atom. The van der Waals surface area contributed by atoms with Gasteiger partial charge in [0.05, 0.1) is 0 Å². The van der Waals surface area contributed by atoms with Crippen molar-refractivity contribution in [3.63, 3.8) is 0 Å². The van der Waals surface area contributed by atoms with E-state index in [9.17, 15) is 0 Å². The molecule has 2 heteroatoms. The molecule has 2 unspecified atom stereocenters. The van der Waals surface area contributed by atoms with Crippen molar-refractivity contribution in [3.05, 3.63) is 0 Å².